The molecular weight excluding hydrogens is 533 g/mol. The maximum Gasteiger partial charge on any atom is 0.193 e. The van der Waals surface area contributed by atoms with Crippen molar-refractivity contribution in [1.29, 1.82) is 0 Å². The van der Waals surface area contributed by atoms with Crippen LogP contribution >= 0.6 is 0 Å². The average Bonchev–Trinajstić information content (AvgIpc) is 3.28. The number of carbonyl (C=O) groups is 1. The van der Waals surface area contributed by atoms with Crippen LogP contribution in [0.3, 0.4) is 0 Å². The highest BCUT2D eigenvalue weighted by Crippen LogP contribution is 2.57. The van der Waals surface area contributed by atoms with Gasteiger partial charge in [-0.1, -0.05) is 68.4 Å². The van der Waals surface area contributed by atoms with Gasteiger partial charge in [0.15, 0.2) is 22.4 Å². The van der Waals surface area contributed by atoms with Gasteiger partial charge in [-0.2, -0.15) is 0 Å². The molecule has 0 heterocycles. The van der Waals surface area contributed by atoms with Gasteiger partial charge in [0.05, 0.1) is 12.7 Å². The van der Waals surface area contributed by atoms with Crippen LogP contribution in [-0.4, -0.2) is 59.1 Å². The summed E-state index contributed by atoms with van der Waals surface area (Å²) < 4.78 is 20.7. The predicted octanol–water partition coefficient (Wildman–Crippen LogP) is 8.06. The molecule has 0 aliphatic heterocycles. The monoisotopic (exact) mass is 592 g/mol. The van der Waals surface area contributed by atoms with E-state index in [1.165, 1.54) is 5.57 Å². The van der Waals surface area contributed by atoms with Gasteiger partial charge in [0.25, 0.3) is 0 Å². The standard InChI is InChI=1S/C33H60O5Si2/c1-14-40(15-2,16-3)38-33(21-36-11)18-17-24-23(6)27(37-39(12,13)31(7,8)9)19-25-28(22(4)5)29(34)30(35)32(25,10)20-26(24)33/h20,22-24,27,30,35H,14-19,21H2,1-13H3/b26-20+/t23-,24+,27+,30-,32-,33+/m1/s1. The number of fused-ring (bicyclic) bond motifs is 2. The highest BCUT2D eigenvalue weighted by atomic mass is 28.4. The summed E-state index contributed by atoms with van der Waals surface area (Å²) in [6.45, 7) is 27.5. The van der Waals surface area contributed by atoms with Crippen LogP contribution < -0.4 is 0 Å². The molecule has 0 aromatic rings. The number of aliphatic hydroxyl groups is 1. The van der Waals surface area contributed by atoms with Gasteiger partial charge in [-0.25, -0.2) is 0 Å². The second-order valence-corrected chi connectivity index (χ2v) is 24.5. The van der Waals surface area contributed by atoms with Gasteiger partial charge in [0.1, 0.15) is 11.7 Å². The van der Waals surface area contributed by atoms with Gasteiger partial charge in [-0.15, -0.1) is 0 Å². The van der Waals surface area contributed by atoms with E-state index in [9.17, 15) is 9.90 Å². The second-order valence-electron chi connectivity index (χ2n) is 15.1. The topological polar surface area (TPSA) is 65.0 Å². The van der Waals surface area contributed by atoms with Crippen LogP contribution in [0.15, 0.2) is 22.8 Å². The minimum Gasteiger partial charge on any atom is -0.413 e. The zero-order valence-corrected chi connectivity index (χ0v) is 30.0. The van der Waals surface area contributed by atoms with E-state index in [0.717, 1.165) is 42.1 Å². The number of hydrogen-bond donors (Lipinski definition) is 1. The Bertz CT molecular complexity index is 997. The van der Waals surface area contributed by atoms with Crippen molar-refractivity contribution in [3.63, 3.8) is 0 Å². The van der Waals surface area contributed by atoms with Gasteiger partial charge in [0, 0.05) is 18.1 Å². The molecule has 3 aliphatic rings. The van der Waals surface area contributed by atoms with Crippen molar-refractivity contribution in [1.82, 2.24) is 0 Å². The molecule has 0 bridgehead atoms. The lowest BCUT2D eigenvalue weighted by Crippen LogP contribution is -2.51. The number of aliphatic hydroxyl groups excluding tert-OH is 1. The molecule has 0 aromatic heterocycles. The molecule has 1 N–H and O–H groups in total. The fraction of sp³-hybridized carbons (Fsp3) is 0.848. The van der Waals surface area contributed by atoms with E-state index in [-0.39, 0.29) is 34.7 Å². The molecule has 6 atom stereocenters. The maximum atomic E-state index is 13.7. The summed E-state index contributed by atoms with van der Waals surface area (Å²) in [4.78, 5) is 13.7. The van der Waals surface area contributed by atoms with Crippen molar-refractivity contribution in [2.45, 2.75) is 143 Å². The van der Waals surface area contributed by atoms with Crippen LogP contribution in [0.5, 0.6) is 0 Å². The summed E-state index contributed by atoms with van der Waals surface area (Å²) in [6.07, 6.45) is 3.78. The van der Waals surface area contributed by atoms with Gasteiger partial charge >= 0.3 is 0 Å². The number of ether oxygens (including phenoxy) is 1. The smallest absolute Gasteiger partial charge is 0.193 e. The predicted molar refractivity (Wildman–Crippen MR) is 171 cm³/mol. The fourth-order valence-corrected chi connectivity index (χ4v) is 12.0. The van der Waals surface area contributed by atoms with Gasteiger partial charge in [-0.3, -0.25) is 4.79 Å². The molecule has 0 unspecified atom stereocenters. The summed E-state index contributed by atoms with van der Waals surface area (Å²) in [5.41, 5.74) is 1.82. The Labute approximate surface area is 247 Å². The highest BCUT2D eigenvalue weighted by molar-refractivity contribution is 6.74. The number of ketones is 1. The summed E-state index contributed by atoms with van der Waals surface area (Å²) in [5, 5.41) is 11.7. The second kappa shape index (κ2) is 11.8. The Balaban J connectivity index is 2.31. The minimum atomic E-state index is -2.11. The number of hydrogen-bond acceptors (Lipinski definition) is 5. The molecular formula is C33H60O5Si2. The quantitative estimate of drug-likeness (QED) is 0.205. The summed E-state index contributed by atoms with van der Waals surface area (Å²) >= 11 is 0. The Morgan fingerprint density at radius 3 is 2.17 bits per heavy atom. The van der Waals surface area contributed by atoms with E-state index < -0.39 is 33.8 Å². The molecule has 3 rings (SSSR count). The molecule has 0 radical (unpaired) electrons. The zero-order valence-electron chi connectivity index (χ0n) is 28.0. The Morgan fingerprint density at radius 1 is 1.12 bits per heavy atom. The molecule has 0 amide bonds. The van der Waals surface area contributed by atoms with E-state index >= 15 is 0 Å². The third kappa shape index (κ3) is 5.69. The first-order valence-electron chi connectivity index (χ1n) is 15.9. The zero-order chi connectivity index (χ0) is 30.5. The molecule has 7 heteroatoms. The first kappa shape index (κ1) is 33.9. The van der Waals surface area contributed by atoms with Crippen LogP contribution in [0.1, 0.15) is 88.5 Å². The summed E-state index contributed by atoms with van der Waals surface area (Å²) in [5.74, 6) is 0.436. The SMILES string of the molecule is CC[Si](CC)(CC)O[C@]1(COC)CC[C@@H]2/C1=C\[C@]1(C)C(=C(C(C)C)C(=O)[C@H]1O)C[C@H](O[Si](C)(C)C(C)(C)C)[C@@H]2C. The third-order valence-electron chi connectivity index (χ3n) is 11.5. The normalized spacial score (nSPS) is 35.0. The van der Waals surface area contributed by atoms with Crippen LogP contribution in [0, 0.1) is 23.2 Å². The lowest BCUT2D eigenvalue weighted by molar-refractivity contribution is -0.125. The summed E-state index contributed by atoms with van der Waals surface area (Å²) in [6, 6.07) is 3.20. The highest BCUT2D eigenvalue weighted by Gasteiger charge is 2.58. The van der Waals surface area contributed by atoms with Crippen LogP contribution in [-0.2, 0) is 18.4 Å². The van der Waals surface area contributed by atoms with Gasteiger partial charge in [0.2, 0.25) is 0 Å². The molecule has 230 valence electrons. The molecule has 5 nitrogen and oxygen atoms in total. The number of Topliss-reactive ketones (excluding diaryl/α,β-unsaturated/α-hetero) is 1. The van der Waals surface area contributed by atoms with E-state index in [1.54, 1.807) is 7.11 Å². The molecule has 1 saturated carbocycles. The maximum absolute atomic E-state index is 13.7. The molecule has 3 aliphatic carbocycles. The molecule has 1 fully saturated rings. The van der Waals surface area contributed by atoms with E-state index in [1.807, 2.05) is 0 Å². The fourth-order valence-electron chi connectivity index (χ4n) is 7.55. The number of rotatable bonds is 10. The van der Waals surface area contributed by atoms with Crippen molar-refractivity contribution in [3.05, 3.63) is 22.8 Å². The first-order chi connectivity index (χ1) is 18.4. The molecule has 40 heavy (non-hydrogen) atoms. The van der Waals surface area contributed by atoms with Crippen LogP contribution in [0.2, 0.25) is 36.3 Å². The van der Waals surface area contributed by atoms with Crippen molar-refractivity contribution in [2.24, 2.45) is 23.2 Å². The van der Waals surface area contributed by atoms with Gasteiger partial charge in [-0.05, 0) is 91.4 Å². The Kier molecular flexibility index (Phi) is 10.0. The van der Waals surface area contributed by atoms with E-state index in [2.05, 4.69) is 88.4 Å². The number of carbonyl (C=O) groups excluding carboxylic acids is 1. The Morgan fingerprint density at radius 2 is 1.70 bits per heavy atom. The minimum absolute atomic E-state index is 0.0281. The van der Waals surface area contributed by atoms with Crippen LogP contribution in [0.25, 0.3) is 0 Å². The summed E-state index contributed by atoms with van der Waals surface area (Å²) in [7, 11) is -2.34. The molecule has 0 aromatic carbocycles. The lowest BCUT2D eigenvalue weighted by Gasteiger charge is -2.47. The van der Waals surface area contributed by atoms with E-state index in [0.29, 0.717) is 13.0 Å². The molecule has 0 spiro atoms. The van der Waals surface area contributed by atoms with Crippen molar-refractivity contribution in [3.8, 4) is 0 Å². The molecule has 0 saturated heterocycles. The third-order valence-corrected chi connectivity index (χ3v) is 20.7. The number of methoxy groups -OCH3 is 1. The Hall–Kier alpha value is -0.576. The first-order valence-corrected chi connectivity index (χ1v) is 21.4. The van der Waals surface area contributed by atoms with Crippen molar-refractivity contribution in [2.75, 3.05) is 13.7 Å². The van der Waals surface area contributed by atoms with E-state index in [4.69, 9.17) is 13.6 Å². The lowest BCUT2D eigenvalue weighted by atomic mass is 9.68. The average molecular weight is 593 g/mol. The van der Waals surface area contributed by atoms with Crippen molar-refractivity contribution >= 4 is 22.4 Å². The largest absolute Gasteiger partial charge is 0.413 e. The van der Waals surface area contributed by atoms with Gasteiger partial charge < -0.3 is 18.7 Å². The van der Waals surface area contributed by atoms with Crippen LogP contribution in [0.4, 0.5) is 0 Å². The van der Waals surface area contributed by atoms with Crippen molar-refractivity contribution < 1.29 is 23.5 Å².